The number of hydrogen-bond donors (Lipinski definition) is 3. The monoisotopic (exact) mass is 293 g/mol. The molecule has 6 heteroatoms. The van der Waals surface area contributed by atoms with E-state index in [2.05, 4.69) is 47.5 Å². The van der Waals surface area contributed by atoms with E-state index in [1.807, 2.05) is 0 Å². The van der Waals surface area contributed by atoms with Crippen LogP contribution in [0.5, 0.6) is 0 Å². The molecule has 0 aliphatic heterocycles. The highest BCUT2D eigenvalue weighted by Crippen LogP contribution is 2.29. The summed E-state index contributed by atoms with van der Waals surface area (Å²) in [5.41, 5.74) is 2.53. The van der Waals surface area contributed by atoms with Crippen molar-refractivity contribution in [1.29, 1.82) is 0 Å². The van der Waals surface area contributed by atoms with Gasteiger partial charge in [0.2, 0.25) is 5.95 Å². The summed E-state index contributed by atoms with van der Waals surface area (Å²) in [6, 6.07) is 2.12. The van der Waals surface area contributed by atoms with Gasteiger partial charge in [0.1, 0.15) is 10.6 Å². The zero-order valence-corrected chi connectivity index (χ0v) is 13.2. The SMILES string of the molecule is Cc1cc2c(NCCCCC(C)C)nc(NN)nc2s1. The second kappa shape index (κ2) is 6.85. The van der Waals surface area contributed by atoms with Gasteiger partial charge in [0.25, 0.3) is 0 Å². The number of anilines is 2. The minimum Gasteiger partial charge on any atom is -0.369 e. The van der Waals surface area contributed by atoms with E-state index < -0.39 is 0 Å². The molecule has 110 valence electrons. The van der Waals surface area contributed by atoms with E-state index in [4.69, 9.17) is 5.84 Å². The molecule has 0 saturated carbocycles. The summed E-state index contributed by atoms with van der Waals surface area (Å²) in [7, 11) is 0. The van der Waals surface area contributed by atoms with Crippen LogP contribution in [-0.2, 0) is 0 Å². The third kappa shape index (κ3) is 3.80. The van der Waals surface area contributed by atoms with E-state index in [0.29, 0.717) is 5.95 Å². The van der Waals surface area contributed by atoms with Crippen LogP contribution in [0.2, 0.25) is 0 Å². The molecule has 0 aromatic carbocycles. The molecule has 0 aliphatic rings. The predicted molar refractivity (Wildman–Crippen MR) is 87.1 cm³/mol. The number of hydrazine groups is 1. The lowest BCUT2D eigenvalue weighted by Crippen LogP contribution is -2.12. The van der Waals surface area contributed by atoms with E-state index in [1.54, 1.807) is 11.3 Å². The first-order valence-electron chi connectivity index (χ1n) is 7.09. The summed E-state index contributed by atoms with van der Waals surface area (Å²) in [5.74, 6) is 7.53. The van der Waals surface area contributed by atoms with Crippen LogP contribution >= 0.6 is 11.3 Å². The van der Waals surface area contributed by atoms with Gasteiger partial charge in [-0.25, -0.2) is 10.8 Å². The molecule has 5 nitrogen and oxygen atoms in total. The lowest BCUT2D eigenvalue weighted by Gasteiger charge is -2.09. The van der Waals surface area contributed by atoms with Crippen LogP contribution in [0.3, 0.4) is 0 Å². The fraction of sp³-hybridized carbons (Fsp3) is 0.571. The van der Waals surface area contributed by atoms with E-state index in [9.17, 15) is 0 Å². The number of unbranched alkanes of at least 4 members (excludes halogenated alkanes) is 1. The van der Waals surface area contributed by atoms with Crippen LogP contribution in [-0.4, -0.2) is 16.5 Å². The lowest BCUT2D eigenvalue weighted by atomic mass is 10.1. The Morgan fingerprint density at radius 1 is 1.30 bits per heavy atom. The smallest absolute Gasteiger partial charge is 0.240 e. The number of fused-ring (bicyclic) bond motifs is 1. The minimum absolute atomic E-state index is 0.462. The van der Waals surface area contributed by atoms with Gasteiger partial charge in [-0.1, -0.05) is 26.7 Å². The standard InChI is InChI=1S/C14H23N5S/c1-9(2)6-4-5-7-16-12-11-8-10(3)20-13(11)18-14(17-12)19-15/h8-9H,4-7,15H2,1-3H3,(H2,16,17,18,19). The topological polar surface area (TPSA) is 75.9 Å². The molecule has 0 bridgehead atoms. The highest BCUT2D eigenvalue weighted by molar-refractivity contribution is 7.18. The van der Waals surface area contributed by atoms with Crippen molar-refractivity contribution >= 4 is 33.3 Å². The number of rotatable bonds is 7. The number of nitrogens with zero attached hydrogens (tertiary/aromatic N) is 2. The Morgan fingerprint density at radius 2 is 2.10 bits per heavy atom. The van der Waals surface area contributed by atoms with Gasteiger partial charge in [-0.2, -0.15) is 4.98 Å². The Morgan fingerprint density at radius 3 is 2.80 bits per heavy atom. The Kier molecular flexibility index (Phi) is 5.14. The average molecular weight is 293 g/mol. The Balaban J connectivity index is 2.04. The quantitative estimate of drug-likeness (QED) is 0.414. The molecule has 2 aromatic rings. The van der Waals surface area contributed by atoms with Gasteiger partial charge in [0.15, 0.2) is 0 Å². The molecule has 0 unspecified atom stereocenters. The molecule has 0 spiro atoms. The van der Waals surface area contributed by atoms with Crippen LogP contribution in [0.4, 0.5) is 11.8 Å². The molecule has 0 saturated heterocycles. The van der Waals surface area contributed by atoms with Gasteiger partial charge < -0.3 is 5.32 Å². The molecular formula is C14H23N5S. The molecule has 0 aliphatic carbocycles. The van der Waals surface area contributed by atoms with Crippen LogP contribution < -0.4 is 16.6 Å². The Hall–Kier alpha value is -1.40. The summed E-state index contributed by atoms with van der Waals surface area (Å²) in [5, 5.41) is 4.49. The molecular weight excluding hydrogens is 270 g/mol. The number of hydrogen-bond acceptors (Lipinski definition) is 6. The summed E-state index contributed by atoms with van der Waals surface area (Å²) >= 11 is 1.66. The molecule has 4 N–H and O–H groups in total. The first-order chi connectivity index (χ1) is 9.60. The number of nitrogens with two attached hydrogens (primary N) is 1. The maximum absolute atomic E-state index is 5.43. The summed E-state index contributed by atoms with van der Waals surface area (Å²) < 4.78 is 0. The van der Waals surface area contributed by atoms with Crippen molar-refractivity contribution in [3.8, 4) is 0 Å². The van der Waals surface area contributed by atoms with Crippen molar-refractivity contribution in [3.05, 3.63) is 10.9 Å². The molecule has 0 fully saturated rings. The van der Waals surface area contributed by atoms with Gasteiger partial charge in [-0.3, -0.25) is 5.43 Å². The second-order valence-corrected chi connectivity index (χ2v) is 6.67. The van der Waals surface area contributed by atoms with Crippen molar-refractivity contribution in [2.24, 2.45) is 11.8 Å². The third-order valence-electron chi connectivity index (χ3n) is 3.15. The predicted octanol–water partition coefficient (Wildman–Crippen LogP) is 3.52. The van der Waals surface area contributed by atoms with Gasteiger partial charge in [-0.05, 0) is 25.3 Å². The number of thiophene rings is 1. The Bertz CT molecular complexity index is 564. The van der Waals surface area contributed by atoms with Gasteiger partial charge in [-0.15, -0.1) is 11.3 Å². The van der Waals surface area contributed by atoms with Gasteiger partial charge in [0.05, 0.1) is 5.39 Å². The summed E-state index contributed by atoms with van der Waals surface area (Å²) in [4.78, 5) is 11.0. The summed E-state index contributed by atoms with van der Waals surface area (Å²) in [6.45, 7) is 7.52. The molecule has 20 heavy (non-hydrogen) atoms. The minimum atomic E-state index is 0.462. The van der Waals surface area contributed by atoms with Crippen molar-refractivity contribution in [1.82, 2.24) is 9.97 Å². The Labute approximate surface area is 124 Å². The average Bonchev–Trinajstić information content (AvgIpc) is 2.78. The fourth-order valence-corrected chi connectivity index (χ4v) is 3.01. The van der Waals surface area contributed by atoms with Gasteiger partial charge >= 0.3 is 0 Å². The largest absolute Gasteiger partial charge is 0.369 e. The number of aryl methyl sites for hydroxylation is 1. The molecule has 0 atom stereocenters. The van der Waals surface area contributed by atoms with Crippen molar-refractivity contribution in [2.45, 2.75) is 40.0 Å². The van der Waals surface area contributed by atoms with Crippen LogP contribution in [0, 0.1) is 12.8 Å². The molecule has 2 rings (SSSR count). The third-order valence-corrected chi connectivity index (χ3v) is 4.09. The zero-order valence-electron chi connectivity index (χ0n) is 12.4. The lowest BCUT2D eigenvalue weighted by molar-refractivity contribution is 0.544. The maximum Gasteiger partial charge on any atom is 0.240 e. The molecule has 2 aromatic heterocycles. The van der Waals surface area contributed by atoms with Gasteiger partial charge in [0, 0.05) is 11.4 Å². The fourth-order valence-electron chi connectivity index (χ4n) is 2.13. The van der Waals surface area contributed by atoms with Crippen LogP contribution in [0.1, 0.15) is 38.0 Å². The highest BCUT2D eigenvalue weighted by Gasteiger charge is 2.09. The maximum atomic E-state index is 5.43. The first-order valence-corrected chi connectivity index (χ1v) is 7.90. The van der Waals surface area contributed by atoms with E-state index in [1.165, 1.54) is 17.7 Å². The summed E-state index contributed by atoms with van der Waals surface area (Å²) in [6.07, 6.45) is 3.66. The van der Waals surface area contributed by atoms with E-state index >= 15 is 0 Å². The van der Waals surface area contributed by atoms with Crippen molar-refractivity contribution in [2.75, 3.05) is 17.3 Å². The molecule has 0 amide bonds. The molecule has 0 radical (unpaired) electrons. The van der Waals surface area contributed by atoms with E-state index in [-0.39, 0.29) is 0 Å². The van der Waals surface area contributed by atoms with Crippen LogP contribution in [0.25, 0.3) is 10.2 Å². The van der Waals surface area contributed by atoms with Crippen molar-refractivity contribution < 1.29 is 0 Å². The second-order valence-electron chi connectivity index (χ2n) is 5.43. The highest BCUT2D eigenvalue weighted by atomic mass is 32.1. The van der Waals surface area contributed by atoms with E-state index in [0.717, 1.165) is 34.9 Å². The number of aromatic nitrogens is 2. The zero-order chi connectivity index (χ0) is 14.5. The first kappa shape index (κ1) is 15.0. The normalized spacial score (nSPS) is 11.2. The number of nitrogen functional groups attached to an aromatic ring is 1. The number of nitrogens with one attached hydrogen (secondary N) is 2. The van der Waals surface area contributed by atoms with Crippen LogP contribution in [0.15, 0.2) is 6.07 Å². The van der Waals surface area contributed by atoms with Crippen molar-refractivity contribution in [3.63, 3.8) is 0 Å². The molecule has 2 heterocycles.